The average Bonchev–Trinajstić information content (AvgIpc) is 3.37. The first kappa shape index (κ1) is 70.6. The number of hydrogen-bond acceptors (Lipinski definition) is 16. The van der Waals surface area contributed by atoms with Crippen LogP contribution in [0.4, 0.5) is 0 Å². The number of aliphatic hydroxyl groups excluding tert-OH is 6. The molecule has 0 spiro atoms. The molecule has 0 amide bonds. The highest BCUT2D eigenvalue weighted by Gasteiger charge is 2.54. The van der Waals surface area contributed by atoms with Gasteiger partial charge >= 0.3 is 22.3 Å². The van der Waals surface area contributed by atoms with Gasteiger partial charge in [0.2, 0.25) is 6.29 Å². The van der Waals surface area contributed by atoms with Crippen LogP contribution in [0.2, 0.25) is 0 Å². The van der Waals surface area contributed by atoms with Gasteiger partial charge < -0.3 is 54.3 Å². The van der Waals surface area contributed by atoms with Crippen LogP contribution in [0.5, 0.6) is 0 Å². The van der Waals surface area contributed by atoms with E-state index in [1.165, 1.54) is 128 Å². The molecule has 0 aromatic carbocycles. The minimum atomic E-state index is -5.32. The molecule has 17 nitrogen and oxygen atoms in total. The minimum absolute atomic E-state index is 0.0526. The Morgan fingerprint density at radius 1 is 0.513 bits per heavy atom. The molecule has 0 aromatic heterocycles. The van der Waals surface area contributed by atoms with Crippen molar-refractivity contribution in [3.8, 4) is 0 Å². The summed E-state index contributed by atoms with van der Waals surface area (Å²) in [5.41, 5.74) is 0. The van der Waals surface area contributed by atoms with Crippen LogP contribution in [-0.4, -0.2) is 136 Å². The third kappa shape index (κ3) is 29.8. The van der Waals surface area contributed by atoms with Gasteiger partial charge in [0.15, 0.2) is 24.6 Å². The summed E-state index contributed by atoms with van der Waals surface area (Å²) in [4.78, 5) is 27.5. The molecule has 0 radical (unpaired) electrons. The van der Waals surface area contributed by atoms with Gasteiger partial charge in [-0.3, -0.25) is 14.1 Å². The molecule has 0 saturated carbocycles. The summed E-state index contributed by atoms with van der Waals surface area (Å²) < 4.78 is 67.1. The lowest BCUT2D eigenvalue weighted by molar-refractivity contribution is -0.374. The Labute approximate surface area is 459 Å². The monoisotopic (exact) mass is 1110 g/mol. The van der Waals surface area contributed by atoms with Gasteiger partial charge in [0.25, 0.3) is 0 Å². The van der Waals surface area contributed by atoms with E-state index in [9.17, 15) is 53.2 Å². The molecular weight excluding hydrogens is 1000 g/mol. The van der Waals surface area contributed by atoms with Crippen LogP contribution in [0.15, 0.2) is 0 Å². The van der Waals surface area contributed by atoms with Gasteiger partial charge in [-0.25, -0.2) is 4.18 Å². The van der Waals surface area contributed by atoms with E-state index in [0.29, 0.717) is 12.8 Å². The SMILES string of the molecule is CCCCCCCCCCCCCCCCCC(=O)OC1C(OC2OC(CO)C(O)C(O)C2OS(=O)(=O)O)OC(CO)C(O)C1OC(=O)C(C)CC(C)CC(C)CC(C)C(O)CCCCCCCCCCCCCCC. The van der Waals surface area contributed by atoms with Gasteiger partial charge in [-0.1, -0.05) is 215 Å². The summed E-state index contributed by atoms with van der Waals surface area (Å²) in [7, 11) is -5.32. The molecule has 2 rings (SSSR count). The first-order valence-corrected chi connectivity index (χ1v) is 31.7. The molecule has 18 heteroatoms. The van der Waals surface area contributed by atoms with Crippen molar-refractivity contribution in [3.05, 3.63) is 0 Å². The summed E-state index contributed by atoms with van der Waals surface area (Å²) in [6.07, 6.45) is 17.5. The van der Waals surface area contributed by atoms with E-state index in [4.69, 9.17) is 23.7 Å². The van der Waals surface area contributed by atoms with Crippen molar-refractivity contribution < 1.29 is 81.1 Å². The predicted molar refractivity (Wildman–Crippen MR) is 293 cm³/mol. The Morgan fingerprint density at radius 3 is 1.37 bits per heavy atom. The molecule has 0 aromatic rings. The van der Waals surface area contributed by atoms with E-state index in [1.54, 1.807) is 6.92 Å². The Hall–Kier alpha value is -1.55. The largest absolute Gasteiger partial charge is 0.455 e. The highest BCUT2D eigenvalue weighted by molar-refractivity contribution is 7.80. The lowest BCUT2D eigenvalue weighted by Crippen LogP contribution is -2.65. The third-order valence-electron chi connectivity index (χ3n) is 15.6. The predicted octanol–water partition coefficient (Wildman–Crippen LogP) is 10.4. The van der Waals surface area contributed by atoms with Crippen molar-refractivity contribution in [2.75, 3.05) is 13.2 Å². The van der Waals surface area contributed by atoms with Gasteiger partial charge in [0, 0.05) is 6.42 Å². The van der Waals surface area contributed by atoms with Crippen LogP contribution in [0.1, 0.15) is 253 Å². The molecule has 15 atom stereocenters. The normalized spacial score (nSPS) is 26.2. The molecule has 450 valence electrons. The van der Waals surface area contributed by atoms with Crippen molar-refractivity contribution in [2.45, 2.75) is 321 Å². The van der Waals surface area contributed by atoms with Crippen molar-refractivity contribution in [2.24, 2.45) is 23.7 Å². The summed E-state index contributed by atoms with van der Waals surface area (Å²) in [5, 5.41) is 64.1. The fraction of sp³-hybridized carbons (Fsp3) is 0.966. The zero-order valence-electron chi connectivity index (χ0n) is 48.0. The molecular formula is C58H110O17S. The van der Waals surface area contributed by atoms with Crippen molar-refractivity contribution in [3.63, 3.8) is 0 Å². The Morgan fingerprint density at radius 2 is 0.921 bits per heavy atom. The molecule has 2 aliphatic rings. The van der Waals surface area contributed by atoms with Crippen LogP contribution in [0.3, 0.4) is 0 Å². The maximum Gasteiger partial charge on any atom is 0.397 e. The van der Waals surface area contributed by atoms with Gasteiger partial charge in [0.05, 0.1) is 25.2 Å². The highest BCUT2D eigenvalue weighted by atomic mass is 32.3. The molecule has 2 saturated heterocycles. The first-order chi connectivity index (χ1) is 36.4. The molecule has 76 heavy (non-hydrogen) atoms. The zero-order chi connectivity index (χ0) is 56.3. The number of rotatable bonds is 46. The number of carbonyl (C=O) groups excluding carboxylic acids is 2. The van der Waals surface area contributed by atoms with E-state index < -0.39 is 103 Å². The maximum atomic E-state index is 14.0. The maximum absolute atomic E-state index is 14.0. The second kappa shape index (κ2) is 41.4. The fourth-order valence-corrected chi connectivity index (χ4v) is 11.6. The molecule has 2 fully saturated rings. The van der Waals surface area contributed by atoms with Crippen molar-refractivity contribution >= 4 is 22.3 Å². The van der Waals surface area contributed by atoms with Crippen LogP contribution >= 0.6 is 0 Å². The third-order valence-corrected chi connectivity index (χ3v) is 16.1. The standard InChI is InChI=1S/C58H110O17S/c1-7-9-11-13-15-17-19-21-22-24-26-28-30-32-34-36-49(62)72-55-53(51(64)48(41-60)71-58(55)74-57-54(75-76(67,68)69)52(65)50(63)47(40-59)70-57)73-56(66)45(6)39-43(4)37-42(3)38-44(5)46(61)35-33-31-29-27-25-23-20-18-16-14-12-10-8-2/h42-48,50-55,57-61,63-65H,7-41H2,1-6H3,(H,67,68,69). The molecule has 0 aliphatic carbocycles. The van der Waals surface area contributed by atoms with Gasteiger partial charge in [-0.05, 0) is 49.9 Å². The van der Waals surface area contributed by atoms with Crippen LogP contribution in [0, 0.1) is 23.7 Å². The van der Waals surface area contributed by atoms with Crippen LogP contribution in [-0.2, 0) is 47.9 Å². The number of hydrogen-bond donors (Lipinski definition) is 7. The second-order valence-corrected chi connectivity index (χ2v) is 24.0. The summed E-state index contributed by atoms with van der Waals surface area (Å²) in [6, 6.07) is 0. The summed E-state index contributed by atoms with van der Waals surface area (Å²) in [6.45, 7) is 10.7. The molecule has 0 bridgehead atoms. The Balaban J connectivity index is 2.03. The number of ether oxygens (including phenoxy) is 5. The number of aliphatic hydroxyl groups is 6. The zero-order valence-corrected chi connectivity index (χ0v) is 48.8. The molecule has 15 unspecified atom stereocenters. The van der Waals surface area contributed by atoms with Gasteiger partial charge in [0.1, 0.15) is 30.5 Å². The lowest BCUT2D eigenvalue weighted by Gasteiger charge is -2.46. The highest BCUT2D eigenvalue weighted by Crippen LogP contribution is 2.34. The quantitative estimate of drug-likeness (QED) is 0.0170. The topological polar surface area (TPSA) is 265 Å². The smallest absolute Gasteiger partial charge is 0.397 e. The van der Waals surface area contributed by atoms with E-state index in [1.807, 2.05) is 6.92 Å². The molecule has 7 N–H and O–H groups in total. The van der Waals surface area contributed by atoms with E-state index >= 15 is 0 Å². The van der Waals surface area contributed by atoms with Gasteiger partial charge in [-0.2, -0.15) is 8.42 Å². The lowest BCUT2D eigenvalue weighted by atomic mass is 9.83. The van der Waals surface area contributed by atoms with E-state index in [-0.39, 0.29) is 30.3 Å². The first-order valence-electron chi connectivity index (χ1n) is 30.3. The van der Waals surface area contributed by atoms with Crippen molar-refractivity contribution in [1.29, 1.82) is 0 Å². The number of carbonyl (C=O) groups is 2. The van der Waals surface area contributed by atoms with Crippen molar-refractivity contribution in [1.82, 2.24) is 0 Å². The average molecular weight is 1110 g/mol. The number of esters is 2. The number of unbranched alkanes of at least 4 members (excludes halogenated alkanes) is 26. The molecule has 2 aliphatic heterocycles. The summed E-state index contributed by atoms with van der Waals surface area (Å²) in [5.74, 6) is -1.80. The fourth-order valence-electron chi connectivity index (χ4n) is 11.1. The van der Waals surface area contributed by atoms with Crippen LogP contribution < -0.4 is 0 Å². The minimum Gasteiger partial charge on any atom is -0.455 e. The van der Waals surface area contributed by atoms with E-state index in [0.717, 1.165) is 64.2 Å². The second-order valence-electron chi connectivity index (χ2n) is 23.0. The Bertz CT molecular complexity index is 1570. The Kier molecular flexibility index (Phi) is 38.5. The van der Waals surface area contributed by atoms with Gasteiger partial charge in [-0.15, -0.1) is 0 Å². The summed E-state index contributed by atoms with van der Waals surface area (Å²) >= 11 is 0. The molecule has 2 heterocycles. The van der Waals surface area contributed by atoms with Crippen LogP contribution in [0.25, 0.3) is 0 Å². The van der Waals surface area contributed by atoms with E-state index in [2.05, 4.69) is 31.9 Å².